The zero-order valence-electron chi connectivity index (χ0n) is 22.3. The number of likely N-dealkylation sites (N-methyl/N-ethyl adjacent to an activating group) is 1. The summed E-state index contributed by atoms with van der Waals surface area (Å²) in [5.74, 6) is 0.672. The van der Waals surface area contributed by atoms with Gasteiger partial charge in [-0.3, -0.25) is 4.79 Å². The number of methoxy groups -OCH3 is 1. The Morgan fingerprint density at radius 1 is 1.11 bits per heavy atom. The van der Waals surface area contributed by atoms with Crippen LogP contribution in [0.3, 0.4) is 0 Å². The summed E-state index contributed by atoms with van der Waals surface area (Å²) >= 11 is 6.43. The van der Waals surface area contributed by atoms with Gasteiger partial charge < -0.3 is 30.5 Å². The number of nitrogens with zero attached hydrogens (tertiary/aromatic N) is 4. The van der Waals surface area contributed by atoms with Crippen molar-refractivity contribution in [3.8, 4) is 0 Å². The van der Waals surface area contributed by atoms with Crippen LogP contribution >= 0.6 is 11.6 Å². The molecule has 0 spiro atoms. The minimum absolute atomic E-state index is 0.163. The molecule has 10 heteroatoms. The third kappa shape index (κ3) is 7.64. The molecule has 1 aromatic heterocycles. The number of carbonyl (C=O) groups is 1. The SMILES string of the molecule is COCCN1CCc2ccc(Nc3ncc(Cl)c(Nc4ccccc4C(=O)NCCN(C)C)n3)cc2CC1. The molecule has 9 nitrogen and oxygen atoms in total. The van der Waals surface area contributed by atoms with Gasteiger partial charge >= 0.3 is 0 Å². The van der Waals surface area contributed by atoms with Crippen LogP contribution in [0.4, 0.5) is 23.1 Å². The van der Waals surface area contributed by atoms with E-state index in [1.807, 2.05) is 37.2 Å². The molecule has 0 saturated carbocycles. The first-order valence-electron chi connectivity index (χ1n) is 12.8. The number of halogens is 1. The number of ether oxygens (including phenoxy) is 1. The van der Waals surface area contributed by atoms with Crippen LogP contribution in [0.15, 0.2) is 48.7 Å². The van der Waals surface area contributed by atoms with Crippen LogP contribution in [0.1, 0.15) is 21.5 Å². The van der Waals surface area contributed by atoms with Gasteiger partial charge in [-0.05, 0) is 62.3 Å². The largest absolute Gasteiger partial charge is 0.383 e. The zero-order valence-corrected chi connectivity index (χ0v) is 23.0. The smallest absolute Gasteiger partial charge is 0.253 e. The Morgan fingerprint density at radius 2 is 1.89 bits per heavy atom. The first-order valence-corrected chi connectivity index (χ1v) is 13.2. The fraction of sp³-hybridized carbons (Fsp3) is 0.393. The Hall–Kier alpha value is -3.24. The molecule has 1 aliphatic heterocycles. The van der Waals surface area contributed by atoms with Crippen molar-refractivity contribution >= 4 is 40.6 Å². The predicted molar refractivity (Wildman–Crippen MR) is 153 cm³/mol. The zero-order chi connectivity index (χ0) is 26.9. The van der Waals surface area contributed by atoms with Crippen LogP contribution < -0.4 is 16.0 Å². The molecule has 0 bridgehead atoms. The van der Waals surface area contributed by atoms with E-state index < -0.39 is 0 Å². The lowest BCUT2D eigenvalue weighted by Crippen LogP contribution is -2.31. The van der Waals surface area contributed by atoms with Crippen LogP contribution in [0, 0.1) is 0 Å². The number of hydrogen-bond acceptors (Lipinski definition) is 8. The van der Waals surface area contributed by atoms with Crippen LogP contribution in [0.25, 0.3) is 0 Å². The van der Waals surface area contributed by atoms with E-state index in [0.717, 1.165) is 51.3 Å². The van der Waals surface area contributed by atoms with Crippen molar-refractivity contribution in [3.05, 3.63) is 70.4 Å². The normalized spacial score (nSPS) is 13.6. The second-order valence-corrected chi connectivity index (χ2v) is 9.97. The lowest BCUT2D eigenvalue weighted by Gasteiger charge is -2.18. The fourth-order valence-corrected chi connectivity index (χ4v) is 4.48. The molecule has 2 heterocycles. The molecule has 202 valence electrons. The maximum atomic E-state index is 12.8. The van der Waals surface area contributed by atoms with Crippen molar-refractivity contribution in [2.75, 3.05) is 71.2 Å². The minimum atomic E-state index is -0.163. The fourth-order valence-electron chi connectivity index (χ4n) is 4.34. The third-order valence-corrected chi connectivity index (χ3v) is 6.76. The molecule has 0 saturated heterocycles. The molecule has 0 fully saturated rings. The molecule has 1 aliphatic rings. The Bertz CT molecular complexity index is 1240. The molecule has 0 unspecified atom stereocenters. The van der Waals surface area contributed by atoms with Crippen LogP contribution in [-0.4, -0.2) is 86.2 Å². The van der Waals surface area contributed by atoms with Crippen LogP contribution in [0.5, 0.6) is 0 Å². The summed E-state index contributed by atoms with van der Waals surface area (Å²) in [6.07, 6.45) is 3.55. The number of carbonyl (C=O) groups excluding carboxylic acids is 1. The van der Waals surface area contributed by atoms with E-state index in [9.17, 15) is 4.79 Å². The Labute approximate surface area is 229 Å². The molecule has 3 N–H and O–H groups in total. The van der Waals surface area contributed by atoms with Crippen LogP contribution in [0.2, 0.25) is 5.02 Å². The molecule has 3 aromatic rings. The highest BCUT2D eigenvalue weighted by atomic mass is 35.5. The summed E-state index contributed by atoms with van der Waals surface area (Å²) in [5.41, 5.74) is 4.75. The van der Waals surface area contributed by atoms with E-state index in [1.165, 1.54) is 11.1 Å². The van der Waals surface area contributed by atoms with Gasteiger partial charge in [-0.2, -0.15) is 4.98 Å². The number of anilines is 4. The number of hydrogen-bond donors (Lipinski definition) is 3. The first kappa shape index (κ1) is 27.8. The highest BCUT2D eigenvalue weighted by molar-refractivity contribution is 6.33. The number of para-hydroxylation sites is 1. The molecule has 4 rings (SSSR count). The molecule has 0 radical (unpaired) electrons. The lowest BCUT2D eigenvalue weighted by molar-refractivity contribution is 0.0952. The van der Waals surface area contributed by atoms with E-state index in [2.05, 4.69) is 49.0 Å². The molecular formula is C28H36ClN7O2. The number of aromatic nitrogens is 2. The molecule has 1 amide bonds. The number of fused-ring (bicyclic) bond motifs is 1. The van der Waals surface area contributed by atoms with Crippen molar-refractivity contribution in [1.82, 2.24) is 25.1 Å². The lowest BCUT2D eigenvalue weighted by atomic mass is 10.0. The van der Waals surface area contributed by atoms with Crippen molar-refractivity contribution in [2.45, 2.75) is 12.8 Å². The molecule has 38 heavy (non-hydrogen) atoms. The first-order chi connectivity index (χ1) is 18.4. The number of nitrogens with one attached hydrogen (secondary N) is 3. The average Bonchev–Trinajstić information content (AvgIpc) is 3.11. The summed E-state index contributed by atoms with van der Waals surface area (Å²) in [7, 11) is 5.68. The maximum absolute atomic E-state index is 12.8. The third-order valence-electron chi connectivity index (χ3n) is 6.48. The Kier molecular flexibility index (Phi) is 9.89. The second-order valence-electron chi connectivity index (χ2n) is 9.56. The molecule has 0 atom stereocenters. The van der Waals surface area contributed by atoms with Gasteiger partial charge in [0.05, 0.1) is 24.1 Å². The number of benzene rings is 2. The van der Waals surface area contributed by atoms with E-state index in [1.54, 1.807) is 19.4 Å². The summed E-state index contributed by atoms with van der Waals surface area (Å²) in [6.45, 7) is 5.04. The molecule has 0 aliphatic carbocycles. The maximum Gasteiger partial charge on any atom is 0.253 e. The average molecular weight is 538 g/mol. The van der Waals surface area contributed by atoms with E-state index in [-0.39, 0.29) is 5.91 Å². The van der Waals surface area contributed by atoms with Gasteiger partial charge in [0.2, 0.25) is 5.95 Å². The minimum Gasteiger partial charge on any atom is -0.383 e. The van der Waals surface area contributed by atoms with E-state index in [0.29, 0.717) is 34.6 Å². The monoisotopic (exact) mass is 537 g/mol. The highest BCUT2D eigenvalue weighted by Gasteiger charge is 2.16. The number of rotatable bonds is 11. The van der Waals surface area contributed by atoms with Gasteiger partial charge in [-0.1, -0.05) is 29.8 Å². The van der Waals surface area contributed by atoms with Gasteiger partial charge in [0.25, 0.3) is 5.91 Å². The second kappa shape index (κ2) is 13.5. The highest BCUT2D eigenvalue weighted by Crippen LogP contribution is 2.28. The topological polar surface area (TPSA) is 94.7 Å². The van der Waals surface area contributed by atoms with E-state index >= 15 is 0 Å². The van der Waals surface area contributed by atoms with Gasteiger partial charge in [0.15, 0.2) is 5.82 Å². The molecular weight excluding hydrogens is 502 g/mol. The van der Waals surface area contributed by atoms with Crippen LogP contribution in [-0.2, 0) is 17.6 Å². The standard InChI is InChI=1S/C28H36ClN7O2/c1-35(2)15-12-30-27(37)23-6-4-5-7-25(23)33-26-24(29)19-31-28(34-26)32-22-9-8-20-10-13-36(16-17-38-3)14-11-21(20)18-22/h4-9,18-19H,10-17H2,1-3H3,(H,30,37)(H2,31,32,33,34). The summed E-state index contributed by atoms with van der Waals surface area (Å²) in [6, 6.07) is 13.7. The summed E-state index contributed by atoms with van der Waals surface area (Å²) in [4.78, 5) is 26.2. The van der Waals surface area contributed by atoms with E-state index in [4.69, 9.17) is 16.3 Å². The van der Waals surface area contributed by atoms with Gasteiger partial charge in [0.1, 0.15) is 5.02 Å². The van der Waals surface area contributed by atoms with Crippen molar-refractivity contribution in [2.24, 2.45) is 0 Å². The summed E-state index contributed by atoms with van der Waals surface area (Å²) < 4.78 is 5.24. The summed E-state index contributed by atoms with van der Waals surface area (Å²) in [5, 5.41) is 9.83. The Balaban J connectivity index is 1.46. The predicted octanol–water partition coefficient (Wildman–Crippen LogP) is 3.96. The van der Waals surface area contributed by atoms with Crippen molar-refractivity contribution in [3.63, 3.8) is 0 Å². The quantitative estimate of drug-likeness (QED) is 0.338. The molecule has 2 aromatic carbocycles. The Morgan fingerprint density at radius 3 is 2.68 bits per heavy atom. The van der Waals surface area contributed by atoms with Gasteiger partial charge in [-0.25, -0.2) is 4.98 Å². The van der Waals surface area contributed by atoms with Gasteiger partial charge in [-0.15, -0.1) is 0 Å². The number of amides is 1. The van der Waals surface area contributed by atoms with Crippen molar-refractivity contribution < 1.29 is 9.53 Å². The van der Waals surface area contributed by atoms with Gasteiger partial charge in [0, 0.05) is 45.5 Å². The van der Waals surface area contributed by atoms with Crippen molar-refractivity contribution in [1.29, 1.82) is 0 Å².